The fourth-order valence-electron chi connectivity index (χ4n) is 1.80. The summed E-state index contributed by atoms with van der Waals surface area (Å²) in [5, 5.41) is 5.49. The van der Waals surface area contributed by atoms with Crippen molar-refractivity contribution in [2.45, 2.75) is 13.0 Å². The van der Waals surface area contributed by atoms with Crippen LogP contribution in [0.3, 0.4) is 0 Å². The van der Waals surface area contributed by atoms with Gasteiger partial charge >= 0.3 is 0 Å². The molecule has 3 heteroatoms. The lowest BCUT2D eigenvalue weighted by Crippen LogP contribution is -2.16. The van der Waals surface area contributed by atoms with Crippen LogP contribution in [0.4, 0.5) is 0 Å². The minimum absolute atomic E-state index is 0.288. The Morgan fingerprint density at radius 3 is 2.69 bits per heavy atom. The van der Waals surface area contributed by atoms with E-state index in [2.05, 4.69) is 63.9 Å². The molecule has 0 fully saturated rings. The highest BCUT2D eigenvalue weighted by Gasteiger charge is 2.13. The van der Waals surface area contributed by atoms with Crippen LogP contribution in [0.25, 0.3) is 0 Å². The fourth-order valence-corrected chi connectivity index (χ4v) is 3.38. The first-order chi connectivity index (χ1) is 7.70. The predicted octanol–water partition coefficient (Wildman–Crippen LogP) is 4.13. The van der Waals surface area contributed by atoms with Crippen LogP contribution in [0.5, 0.6) is 0 Å². The van der Waals surface area contributed by atoms with E-state index in [1.54, 1.807) is 11.3 Å². The van der Waals surface area contributed by atoms with Gasteiger partial charge in [-0.3, -0.25) is 0 Å². The fraction of sp³-hybridized carbons (Fsp3) is 0.231. The third kappa shape index (κ3) is 2.54. The third-order valence-electron chi connectivity index (χ3n) is 2.54. The SMILES string of the molecule is CNC(c1cccc(C)c1)c1cc(Br)cs1. The van der Waals surface area contributed by atoms with Crippen molar-refractivity contribution in [3.8, 4) is 0 Å². The van der Waals surface area contributed by atoms with Gasteiger partial charge in [0.25, 0.3) is 0 Å². The Kier molecular flexibility index (Phi) is 3.79. The van der Waals surface area contributed by atoms with Gasteiger partial charge in [0.1, 0.15) is 0 Å². The van der Waals surface area contributed by atoms with E-state index < -0.39 is 0 Å². The zero-order chi connectivity index (χ0) is 11.5. The van der Waals surface area contributed by atoms with Crippen molar-refractivity contribution < 1.29 is 0 Å². The smallest absolute Gasteiger partial charge is 0.0669 e. The maximum atomic E-state index is 3.50. The van der Waals surface area contributed by atoms with Crippen LogP contribution in [0.2, 0.25) is 0 Å². The number of halogens is 1. The molecule has 0 spiro atoms. The summed E-state index contributed by atoms with van der Waals surface area (Å²) in [6.45, 7) is 2.13. The minimum atomic E-state index is 0.288. The van der Waals surface area contributed by atoms with Gasteiger partial charge in [0.05, 0.1) is 6.04 Å². The number of hydrogen-bond donors (Lipinski definition) is 1. The standard InChI is InChI=1S/C13H14BrNS/c1-9-4-3-5-10(6-9)13(15-2)12-7-11(14)8-16-12/h3-8,13,15H,1-2H3. The van der Waals surface area contributed by atoms with Gasteiger partial charge in [0.15, 0.2) is 0 Å². The summed E-state index contributed by atoms with van der Waals surface area (Å²) < 4.78 is 1.15. The molecule has 1 aromatic carbocycles. The number of aryl methyl sites for hydroxylation is 1. The van der Waals surface area contributed by atoms with E-state index in [4.69, 9.17) is 0 Å². The van der Waals surface area contributed by atoms with Gasteiger partial charge in [0, 0.05) is 14.7 Å². The Labute approximate surface area is 109 Å². The van der Waals surface area contributed by atoms with Crippen molar-refractivity contribution in [2.75, 3.05) is 7.05 Å². The molecule has 0 bridgehead atoms. The maximum absolute atomic E-state index is 3.50. The second kappa shape index (κ2) is 5.13. The maximum Gasteiger partial charge on any atom is 0.0669 e. The molecule has 1 unspecified atom stereocenters. The molecule has 1 atom stereocenters. The van der Waals surface area contributed by atoms with Crippen molar-refractivity contribution in [3.05, 3.63) is 56.2 Å². The minimum Gasteiger partial charge on any atom is -0.309 e. The van der Waals surface area contributed by atoms with Crippen LogP contribution < -0.4 is 5.32 Å². The molecule has 84 valence electrons. The predicted molar refractivity (Wildman–Crippen MR) is 74.1 cm³/mol. The Balaban J connectivity index is 2.36. The Morgan fingerprint density at radius 2 is 2.12 bits per heavy atom. The van der Waals surface area contributed by atoms with Gasteiger partial charge in [-0.2, -0.15) is 0 Å². The van der Waals surface area contributed by atoms with Crippen molar-refractivity contribution in [1.82, 2.24) is 5.32 Å². The molecule has 2 aromatic rings. The number of thiophene rings is 1. The summed E-state index contributed by atoms with van der Waals surface area (Å²) in [7, 11) is 2.00. The van der Waals surface area contributed by atoms with Crippen molar-refractivity contribution in [1.29, 1.82) is 0 Å². The number of hydrogen-bond acceptors (Lipinski definition) is 2. The highest BCUT2D eigenvalue weighted by Crippen LogP contribution is 2.30. The molecule has 0 aliphatic rings. The molecule has 0 amide bonds. The van der Waals surface area contributed by atoms with E-state index in [0.717, 1.165) is 4.47 Å². The summed E-state index contributed by atoms with van der Waals surface area (Å²) in [5.74, 6) is 0. The van der Waals surface area contributed by atoms with E-state index in [1.807, 2.05) is 7.05 Å². The van der Waals surface area contributed by atoms with Crippen LogP contribution in [0.15, 0.2) is 40.2 Å². The molecular weight excluding hydrogens is 282 g/mol. The van der Waals surface area contributed by atoms with Gasteiger partial charge in [-0.15, -0.1) is 11.3 Å². The zero-order valence-corrected chi connectivity index (χ0v) is 11.7. The molecule has 1 aromatic heterocycles. The second-order valence-electron chi connectivity index (χ2n) is 3.80. The van der Waals surface area contributed by atoms with E-state index in [1.165, 1.54) is 16.0 Å². The van der Waals surface area contributed by atoms with E-state index in [9.17, 15) is 0 Å². The van der Waals surface area contributed by atoms with E-state index in [0.29, 0.717) is 0 Å². The van der Waals surface area contributed by atoms with Crippen LogP contribution in [-0.4, -0.2) is 7.05 Å². The summed E-state index contributed by atoms with van der Waals surface area (Å²) >= 11 is 5.27. The molecule has 16 heavy (non-hydrogen) atoms. The highest BCUT2D eigenvalue weighted by atomic mass is 79.9. The first-order valence-corrected chi connectivity index (χ1v) is 6.85. The molecule has 0 saturated heterocycles. The van der Waals surface area contributed by atoms with Crippen molar-refractivity contribution in [2.24, 2.45) is 0 Å². The average Bonchev–Trinajstić information content (AvgIpc) is 2.66. The normalized spacial score (nSPS) is 12.7. The Bertz CT molecular complexity index is 478. The van der Waals surface area contributed by atoms with Crippen LogP contribution in [0.1, 0.15) is 22.0 Å². The lowest BCUT2D eigenvalue weighted by molar-refractivity contribution is 0.703. The number of rotatable bonds is 3. The van der Waals surface area contributed by atoms with Gasteiger partial charge in [0.2, 0.25) is 0 Å². The van der Waals surface area contributed by atoms with E-state index in [-0.39, 0.29) is 6.04 Å². The van der Waals surface area contributed by atoms with Crippen molar-refractivity contribution >= 4 is 27.3 Å². The van der Waals surface area contributed by atoms with E-state index >= 15 is 0 Å². The molecular formula is C13H14BrNS. The van der Waals surface area contributed by atoms with Gasteiger partial charge in [-0.1, -0.05) is 29.8 Å². The van der Waals surface area contributed by atoms with Gasteiger partial charge in [-0.25, -0.2) is 0 Å². The van der Waals surface area contributed by atoms with Gasteiger partial charge in [-0.05, 0) is 41.5 Å². The monoisotopic (exact) mass is 295 g/mol. The Morgan fingerprint density at radius 1 is 1.31 bits per heavy atom. The first kappa shape index (κ1) is 11.8. The average molecular weight is 296 g/mol. The summed E-state index contributed by atoms with van der Waals surface area (Å²) in [6.07, 6.45) is 0. The third-order valence-corrected chi connectivity index (χ3v) is 4.29. The molecule has 0 saturated carbocycles. The van der Waals surface area contributed by atoms with Crippen LogP contribution in [-0.2, 0) is 0 Å². The van der Waals surface area contributed by atoms with Crippen molar-refractivity contribution in [3.63, 3.8) is 0 Å². The molecule has 2 rings (SSSR count). The largest absolute Gasteiger partial charge is 0.309 e. The van der Waals surface area contributed by atoms with Gasteiger partial charge < -0.3 is 5.32 Å². The van der Waals surface area contributed by atoms with Crippen LogP contribution in [0, 0.1) is 6.92 Å². The molecule has 0 radical (unpaired) electrons. The summed E-state index contributed by atoms with van der Waals surface area (Å²) in [6, 6.07) is 11.1. The number of benzene rings is 1. The van der Waals surface area contributed by atoms with Crippen LogP contribution >= 0.6 is 27.3 Å². The lowest BCUT2D eigenvalue weighted by atomic mass is 10.0. The molecule has 1 N–H and O–H groups in total. The summed E-state index contributed by atoms with van der Waals surface area (Å²) in [5.41, 5.74) is 2.62. The molecule has 1 nitrogen and oxygen atoms in total. The highest BCUT2D eigenvalue weighted by molar-refractivity contribution is 9.10. The first-order valence-electron chi connectivity index (χ1n) is 5.18. The molecule has 0 aliphatic carbocycles. The lowest BCUT2D eigenvalue weighted by Gasteiger charge is -2.15. The second-order valence-corrected chi connectivity index (χ2v) is 5.66. The summed E-state index contributed by atoms with van der Waals surface area (Å²) in [4.78, 5) is 1.33. The topological polar surface area (TPSA) is 12.0 Å². The number of nitrogens with one attached hydrogen (secondary N) is 1. The molecule has 1 heterocycles. The Hall–Kier alpha value is -0.640. The zero-order valence-electron chi connectivity index (χ0n) is 9.33. The quantitative estimate of drug-likeness (QED) is 0.898. The molecule has 0 aliphatic heterocycles.